The first-order valence-corrected chi connectivity index (χ1v) is 16.6. The molecule has 2 heterocycles. The van der Waals surface area contributed by atoms with Crippen molar-refractivity contribution >= 4 is 15.2 Å². The van der Waals surface area contributed by atoms with Crippen molar-refractivity contribution in [2.75, 3.05) is 6.66 Å². The van der Waals surface area contributed by atoms with Crippen molar-refractivity contribution in [2.45, 2.75) is 139 Å². The van der Waals surface area contributed by atoms with Gasteiger partial charge >= 0.3 is 167 Å². The zero-order valence-corrected chi connectivity index (χ0v) is 20.7. The summed E-state index contributed by atoms with van der Waals surface area (Å²) >= 11 is 0. The first-order chi connectivity index (χ1) is 12.5. The molecule has 0 bridgehead atoms. The summed E-state index contributed by atoms with van der Waals surface area (Å²) < 4.78 is 0. The molecule has 0 radical (unpaired) electrons. The van der Waals surface area contributed by atoms with Gasteiger partial charge in [0.2, 0.25) is 0 Å². The summed E-state index contributed by atoms with van der Waals surface area (Å²) in [5, 5.41) is 0. The van der Waals surface area contributed by atoms with E-state index in [4.69, 9.17) is 0 Å². The summed E-state index contributed by atoms with van der Waals surface area (Å²) in [6, 6.07) is 0. The van der Waals surface area contributed by atoms with E-state index < -0.39 is 7.26 Å². The minimum atomic E-state index is -1.17. The van der Waals surface area contributed by atoms with Gasteiger partial charge in [-0.15, -0.1) is 0 Å². The Labute approximate surface area is 167 Å². The molecule has 26 heavy (non-hydrogen) atoms. The molecular weight excluding hydrogens is 350 g/mol. The minimum absolute atomic E-state index is 0.294. The van der Waals surface area contributed by atoms with Crippen LogP contribution in [0.25, 0.3) is 0 Å². The van der Waals surface area contributed by atoms with Gasteiger partial charge in [-0.2, -0.15) is 0 Å². The van der Waals surface area contributed by atoms with Crippen molar-refractivity contribution in [1.82, 2.24) is 0 Å². The molecule has 154 valence electrons. The van der Waals surface area contributed by atoms with Crippen molar-refractivity contribution in [2.24, 2.45) is 5.92 Å². The zero-order valence-electron chi connectivity index (χ0n) is 18.8. The molecule has 0 aromatic carbocycles. The summed E-state index contributed by atoms with van der Waals surface area (Å²) in [5.74, 6) is 1.07. The third kappa shape index (κ3) is 3.58. The van der Waals surface area contributed by atoms with Crippen LogP contribution in [-0.4, -0.2) is 40.6 Å². The average molecular weight is 399 g/mol. The summed E-state index contributed by atoms with van der Waals surface area (Å²) in [7, 11) is -0.876. The third-order valence-corrected chi connectivity index (χ3v) is 21.3. The van der Waals surface area contributed by atoms with Crippen LogP contribution in [0.3, 0.4) is 0 Å². The molecule has 0 aromatic rings. The second-order valence-electron chi connectivity index (χ2n) is 10.2. The van der Waals surface area contributed by atoms with E-state index in [1.165, 1.54) is 43.4 Å². The summed E-state index contributed by atoms with van der Waals surface area (Å²) in [6.07, 6.45) is 17.0. The first kappa shape index (κ1) is 21.6. The molecule has 1 aliphatic carbocycles. The molecule has 0 amide bonds. The fourth-order valence-electron chi connectivity index (χ4n) is 8.05. The van der Waals surface area contributed by atoms with E-state index in [2.05, 4.69) is 41.3 Å². The van der Waals surface area contributed by atoms with Crippen LogP contribution in [0.15, 0.2) is 0 Å². The molecule has 0 aromatic heterocycles. The van der Waals surface area contributed by atoms with Gasteiger partial charge in [0, 0.05) is 0 Å². The maximum atomic E-state index is 2.92. The van der Waals surface area contributed by atoms with Gasteiger partial charge in [-0.3, -0.25) is 0 Å². The Morgan fingerprint density at radius 1 is 0.692 bits per heavy atom. The van der Waals surface area contributed by atoms with Gasteiger partial charge in [-0.25, -0.2) is 0 Å². The van der Waals surface area contributed by atoms with Crippen LogP contribution >= 0.6 is 15.2 Å². The molecule has 3 fully saturated rings. The Morgan fingerprint density at radius 3 is 1.65 bits per heavy atom. The first-order valence-electron chi connectivity index (χ1n) is 12.3. The molecule has 3 aliphatic rings. The molecule has 0 spiro atoms. The van der Waals surface area contributed by atoms with Crippen molar-refractivity contribution in [3.8, 4) is 0 Å². The van der Waals surface area contributed by atoms with E-state index in [1.807, 2.05) is 0 Å². The Kier molecular flexibility index (Phi) is 7.57. The quantitative estimate of drug-likeness (QED) is 0.380. The van der Waals surface area contributed by atoms with Crippen molar-refractivity contribution in [1.29, 1.82) is 0 Å². The summed E-state index contributed by atoms with van der Waals surface area (Å²) in [4.78, 5) is 0. The van der Waals surface area contributed by atoms with E-state index in [0.717, 1.165) is 28.6 Å². The van der Waals surface area contributed by atoms with Crippen LogP contribution in [0.2, 0.25) is 0 Å². The van der Waals surface area contributed by atoms with E-state index in [-0.39, 0.29) is 0 Å². The van der Waals surface area contributed by atoms with Gasteiger partial charge in [0.25, 0.3) is 0 Å². The Morgan fingerprint density at radius 2 is 1.23 bits per heavy atom. The monoisotopic (exact) mass is 398 g/mol. The number of rotatable bonds is 7. The molecule has 2 heteroatoms. The zero-order chi connectivity index (χ0) is 18.9. The third-order valence-electron chi connectivity index (χ3n) is 9.61. The maximum absolute atomic E-state index is 2.92. The van der Waals surface area contributed by atoms with Crippen LogP contribution in [-0.2, 0) is 0 Å². The van der Waals surface area contributed by atoms with Crippen LogP contribution in [0.1, 0.15) is 105 Å². The molecule has 7 atom stereocenters. The molecular formula is C24H48P2. The van der Waals surface area contributed by atoms with Crippen molar-refractivity contribution < 1.29 is 0 Å². The molecule has 1 saturated carbocycles. The average Bonchev–Trinajstić information content (AvgIpc) is 3.35. The van der Waals surface area contributed by atoms with E-state index in [1.54, 1.807) is 38.5 Å². The molecule has 2 aliphatic heterocycles. The van der Waals surface area contributed by atoms with E-state index in [9.17, 15) is 0 Å². The van der Waals surface area contributed by atoms with Crippen LogP contribution in [0.4, 0.5) is 0 Å². The molecule has 0 N–H and O–H groups in total. The van der Waals surface area contributed by atoms with Gasteiger partial charge in [0.15, 0.2) is 0 Å². The summed E-state index contributed by atoms with van der Waals surface area (Å²) in [5.41, 5.74) is 6.90. The standard InChI is InChI=1S/C24H48P2/c1-7-18-16-23(25-19(8-2)12-13-20(25)9-3)24(17-18)26(6)21(10-4)14-15-22(26)11-5/h18-24,26H,7-17H2,1-6H3/t18-,19-,20-,21-,22-,23?,24?/m1/s1. The Bertz CT molecular complexity index is 423. The topological polar surface area (TPSA) is 0 Å². The van der Waals surface area contributed by atoms with Crippen molar-refractivity contribution in [3.05, 3.63) is 0 Å². The fourth-order valence-corrected chi connectivity index (χ4v) is 21.0. The van der Waals surface area contributed by atoms with Gasteiger partial charge < -0.3 is 0 Å². The number of hydrogen-bond donors (Lipinski definition) is 0. The second kappa shape index (κ2) is 9.12. The van der Waals surface area contributed by atoms with Gasteiger partial charge in [0.05, 0.1) is 0 Å². The second-order valence-corrected chi connectivity index (χ2v) is 18.3. The van der Waals surface area contributed by atoms with Crippen LogP contribution in [0, 0.1) is 5.92 Å². The van der Waals surface area contributed by atoms with Gasteiger partial charge in [-0.05, 0) is 0 Å². The molecule has 3 rings (SSSR count). The SMILES string of the molecule is CC[C@@H]1CC(P2[C@H](CC)CC[C@H]2CC)C([PH]2(C)[C@H](CC)CC[C@H]2CC)C1. The van der Waals surface area contributed by atoms with E-state index in [0.29, 0.717) is 7.92 Å². The van der Waals surface area contributed by atoms with Crippen LogP contribution in [0.5, 0.6) is 0 Å². The van der Waals surface area contributed by atoms with Gasteiger partial charge in [-0.1, -0.05) is 0 Å². The predicted octanol–water partition coefficient (Wildman–Crippen LogP) is 8.11. The Balaban J connectivity index is 1.95. The predicted molar refractivity (Wildman–Crippen MR) is 127 cm³/mol. The Hall–Kier alpha value is 0.860. The van der Waals surface area contributed by atoms with E-state index >= 15 is 0 Å². The molecule has 0 nitrogen and oxygen atoms in total. The normalized spacial score (nSPS) is 44.6. The van der Waals surface area contributed by atoms with Crippen molar-refractivity contribution in [3.63, 3.8) is 0 Å². The van der Waals surface area contributed by atoms with Gasteiger partial charge in [0.1, 0.15) is 0 Å². The summed E-state index contributed by atoms with van der Waals surface area (Å²) in [6.45, 7) is 15.5. The molecule has 2 saturated heterocycles. The number of hydrogen-bond acceptors (Lipinski definition) is 0. The van der Waals surface area contributed by atoms with Crippen LogP contribution < -0.4 is 0 Å². The molecule has 2 unspecified atom stereocenters. The fraction of sp³-hybridized carbons (Fsp3) is 1.00.